The van der Waals surface area contributed by atoms with Crippen LogP contribution >= 0.6 is 0 Å². The Labute approximate surface area is 116 Å². The van der Waals surface area contributed by atoms with Crippen molar-refractivity contribution in [3.8, 4) is 0 Å². The minimum Gasteiger partial charge on any atom is -0.385 e. The van der Waals surface area contributed by atoms with Crippen LogP contribution < -0.4 is 10.6 Å². The SMILES string of the molecule is CC1COCC(C)C1NCCCNc1ccccc1. The van der Waals surface area contributed by atoms with Crippen LogP contribution in [0.4, 0.5) is 5.69 Å². The zero-order valence-corrected chi connectivity index (χ0v) is 12.1. The van der Waals surface area contributed by atoms with Crippen molar-refractivity contribution in [3.05, 3.63) is 30.3 Å². The summed E-state index contributed by atoms with van der Waals surface area (Å²) in [5.41, 5.74) is 1.20. The minimum atomic E-state index is 0.602. The van der Waals surface area contributed by atoms with E-state index in [1.54, 1.807) is 0 Å². The Morgan fingerprint density at radius 3 is 2.42 bits per heavy atom. The van der Waals surface area contributed by atoms with Gasteiger partial charge in [-0.05, 0) is 36.9 Å². The van der Waals surface area contributed by atoms with Crippen molar-refractivity contribution < 1.29 is 4.74 Å². The molecule has 2 N–H and O–H groups in total. The number of hydrogen-bond donors (Lipinski definition) is 2. The zero-order valence-electron chi connectivity index (χ0n) is 12.1. The van der Waals surface area contributed by atoms with Gasteiger partial charge in [-0.15, -0.1) is 0 Å². The fourth-order valence-corrected chi connectivity index (χ4v) is 2.76. The van der Waals surface area contributed by atoms with E-state index in [-0.39, 0.29) is 0 Å². The molecule has 0 saturated carbocycles. The van der Waals surface area contributed by atoms with Crippen LogP contribution in [0.5, 0.6) is 0 Å². The van der Waals surface area contributed by atoms with Gasteiger partial charge in [0.25, 0.3) is 0 Å². The summed E-state index contributed by atoms with van der Waals surface area (Å²) < 4.78 is 5.56. The van der Waals surface area contributed by atoms with Gasteiger partial charge < -0.3 is 15.4 Å². The van der Waals surface area contributed by atoms with Gasteiger partial charge in [-0.25, -0.2) is 0 Å². The monoisotopic (exact) mass is 262 g/mol. The molecule has 3 heteroatoms. The molecule has 1 fully saturated rings. The van der Waals surface area contributed by atoms with E-state index in [2.05, 4.69) is 48.7 Å². The van der Waals surface area contributed by atoms with E-state index < -0.39 is 0 Å². The van der Waals surface area contributed by atoms with Gasteiger partial charge in [0.1, 0.15) is 0 Å². The van der Waals surface area contributed by atoms with Crippen molar-refractivity contribution in [1.82, 2.24) is 5.32 Å². The maximum absolute atomic E-state index is 5.56. The highest BCUT2D eigenvalue weighted by Crippen LogP contribution is 2.19. The molecule has 0 amide bonds. The number of anilines is 1. The number of para-hydroxylation sites is 1. The molecule has 2 unspecified atom stereocenters. The van der Waals surface area contributed by atoms with Crippen molar-refractivity contribution in [1.29, 1.82) is 0 Å². The largest absolute Gasteiger partial charge is 0.385 e. The third-order valence-corrected chi connectivity index (χ3v) is 3.82. The van der Waals surface area contributed by atoms with Crippen LogP contribution in [0.1, 0.15) is 20.3 Å². The van der Waals surface area contributed by atoms with Crippen LogP contribution in [-0.4, -0.2) is 32.3 Å². The van der Waals surface area contributed by atoms with Gasteiger partial charge in [0.15, 0.2) is 0 Å². The average Bonchev–Trinajstić information content (AvgIpc) is 2.42. The molecule has 0 spiro atoms. The Balaban J connectivity index is 1.61. The highest BCUT2D eigenvalue weighted by molar-refractivity contribution is 5.42. The molecule has 2 rings (SSSR count). The smallest absolute Gasteiger partial charge is 0.0506 e. The molecule has 106 valence electrons. The second-order valence-electron chi connectivity index (χ2n) is 5.62. The molecule has 0 aliphatic carbocycles. The molecule has 0 aromatic heterocycles. The molecule has 1 aromatic carbocycles. The summed E-state index contributed by atoms with van der Waals surface area (Å²) in [7, 11) is 0. The van der Waals surface area contributed by atoms with E-state index in [9.17, 15) is 0 Å². The van der Waals surface area contributed by atoms with E-state index >= 15 is 0 Å². The highest BCUT2D eigenvalue weighted by Gasteiger charge is 2.27. The topological polar surface area (TPSA) is 33.3 Å². The lowest BCUT2D eigenvalue weighted by atomic mass is 9.89. The fourth-order valence-electron chi connectivity index (χ4n) is 2.76. The first kappa shape index (κ1) is 14.4. The van der Waals surface area contributed by atoms with Gasteiger partial charge in [0, 0.05) is 18.3 Å². The first-order valence-electron chi connectivity index (χ1n) is 7.37. The summed E-state index contributed by atoms with van der Waals surface area (Å²) in [5.74, 6) is 1.23. The van der Waals surface area contributed by atoms with E-state index in [1.165, 1.54) is 5.69 Å². The minimum absolute atomic E-state index is 0.602. The number of ether oxygens (including phenoxy) is 1. The summed E-state index contributed by atoms with van der Waals surface area (Å²) in [6.07, 6.45) is 1.14. The summed E-state index contributed by atoms with van der Waals surface area (Å²) >= 11 is 0. The summed E-state index contributed by atoms with van der Waals surface area (Å²) in [6.45, 7) is 8.42. The number of benzene rings is 1. The molecule has 1 aromatic rings. The van der Waals surface area contributed by atoms with Gasteiger partial charge in [-0.2, -0.15) is 0 Å². The molecular formula is C16H26N2O. The highest BCUT2D eigenvalue weighted by atomic mass is 16.5. The Hall–Kier alpha value is -1.06. The Morgan fingerprint density at radius 1 is 1.05 bits per heavy atom. The van der Waals surface area contributed by atoms with Crippen LogP contribution in [0.15, 0.2) is 30.3 Å². The molecule has 2 atom stereocenters. The van der Waals surface area contributed by atoms with Gasteiger partial charge in [0.2, 0.25) is 0 Å². The predicted molar refractivity (Wildman–Crippen MR) is 80.5 cm³/mol. The normalized spacial score (nSPS) is 27.2. The number of nitrogens with one attached hydrogen (secondary N) is 2. The van der Waals surface area contributed by atoms with E-state index in [0.29, 0.717) is 17.9 Å². The first-order chi connectivity index (χ1) is 9.27. The third kappa shape index (κ3) is 4.51. The number of hydrogen-bond acceptors (Lipinski definition) is 3. The zero-order chi connectivity index (χ0) is 13.5. The van der Waals surface area contributed by atoms with Crippen LogP contribution in [0.25, 0.3) is 0 Å². The summed E-state index contributed by atoms with van der Waals surface area (Å²) in [5, 5.41) is 7.13. The van der Waals surface area contributed by atoms with Crippen molar-refractivity contribution >= 4 is 5.69 Å². The lowest BCUT2D eigenvalue weighted by molar-refractivity contribution is 0.00213. The van der Waals surface area contributed by atoms with Crippen molar-refractivity contribution in [2.24, 2.45) is 11.8 Å². The van der Waals surface area contributed by atoms with Gasteiger partial charge >= 0.3 is 0 Å². The maximum Gasteiger partial charge on any atom is 0.0506 e. The Kier molecular flexibility index (Phi) is 5.67. The van der Waals surface area contributed by atoms with Crippen molar-refractivity contribution in [2.45, 2.75) is 26.3 Å². The van der Waals surface area contributed by atoms with E-state index in [0.717, 1.165) is 32.7 Å². The maximum atomic E-state index is 5.56. The second-order valence-corrected chi connectivity index (χ2v) is 5.62. The molecule has 3 nitrogen and oxygen atoms in total. The summed E-state index contributed by atoms with van der Waals surface area (Å²) in [6, 6.07) is 11.0. The standard InChI is InChI=1S/C16H26N2O/c1-13-11-19-12-14(2)16(13)18-10-6-9-17-15-7-4-3-5-8-15/h3-5,7-8,13-14,16-18H,6,9-12H2,1-2H3. The van der Waals surface area contributed by atoms with E-state index in [4.69, 9.17) is 4.74 Å². The van der Waals surface area contributed by atoms with E-state index in [1.807, 2.05) is 6.07 Å². The van der Waals surface area contributed by atoms with Crippen molar-refractivity contribution in [2.75, 3.05) is 31.6 Å². The molecular weight excluding hydrogens is 236 g/mol. The molecule has 1 saturated heterocycles. The molecule has 1 aliphatic heterocycles. The van der Waals surface area contributed by atoms with Crippen LogP contribution in [0.3, 0.4) is 0 Å². The molecule has 1 heterocycles. The third-order valence-electron chi connectivity index (χ3n) is 3.82. The molecule has 1 aliphatic rings. The predicted octanol–water partition coefficient (Wildman–Crippen LogP) is 2.75. The first-order valence-corrected chi connectivity index (χ1v) is 7.37. The average molecular weight is 262 g/mol. The van der Waals surface area contributed by atoms with Crippen LogP contribution in [0.2, 0.25) is 0 Å². The Bertz CT molecular complexity index is 345. The lowest BCUT2D eigenvalue weighted by Crippen LogP contribution is -2.47. The number of rotatable bonds is 6. The van der Waals surface area contributed by atoms with Crippen LogP contribution in [0, 0.1) is 11.8 Å². The van der Waals surface area contributed by atoms with Gasteiger partial charge in [-0.3, -0.25) is 0 Å². The van der Waals surface area contributed by atoms with Gasteiger partial charge in [-0.1, -0.05) is 32.0 Å². The quantitative estimate of drug-likeness (QED) is 0.773. The summed E-state index contributed by atoms with van der Waals surface area (Å²) in [4.78, 5) is 0. The van der Waals surface area contributed by atoms with Crippen molar-refractivity contribution in [3.63, 3.8) is 0 Å². The fraction of sp³-hybridized carbons (Fsp3) is 0.625. The van der Waals surface area contributed by atoms with Gasteiger partial charge in [0.05, 0.1) is 13.2 Å². The molecule has 0 bridgehead atoms. The second kappa shape index (κ2) is 7.51. The lowest BCUT2D eigenvalue weighted by Gasteiger charge is -2.35. The molecule has 0 radical (unpaired) electrons. The Morgan fingerprint density at radius 2 is 1.74 bits per heavy atom. The molecule has 19 heavy (non-hydrogen) atoms. The van der Waals surface area contributed by atoms with Crippen LogP contribution in [-0.2, 0) is 4.74 Å².